The van der Waals surface area contributed by atoms with Gasteiger partial charge < -0.3 is 15.8 Å². The van der Waals surface area contributed by atoms with Gasteiger partial charge in [0.1, 0.15) is 5.75 Å². The van der Waals surface area contributed by atoms with Crippen LogP contribution in [0.2, 0.25) is 0 Å². The summed E-state index contributed by atoms with van der Waals surface area (Å²) < 4.78 is 5.41. The normalized spacial score (nSPS) is 12.8. The first-order valence-corrected chi connectivity index (χ1v) is 6.96. The number of pyridine rings is 1. The van der Waals surface area contributed by atoms with Crippen LogP contribution in [0.15, 0.2) is 18.3 Å². The van der Waals surface area contributed by atoms with E-state index in [1.54, 1.807) is 6.20 Å². The first kappa shape index (κ1) is 16.4. The lowest BCUT2D eigenvalue weighted by atomic mass is 10.0. The minimum absolute atomic E-state index is 0.00223. The second-order valence-corrected chi connectivity index (χ2v) is 5.74. The molecule has 1 unspecified atom stereocenters. The van der Waals surface area contributed by atoms with Crippen molar-refractivity contribution in [1.29, 1.82) is 0 Å². The number of aromatic nitrogens is 1. The number of nitrogens with zero attached hydrogens (tertiary/aromatic N) is 1. The van der Waals surface area contributed by atoms with Crippen molar-refractivity contribution in [1.82, 2.24) is 10.3 Å². The predicted molar refractivity (Wildman–Crippen MR) is 79.6 cm³/mol. The Morgan fingerprint density at radius 3 is 2.70 bits per heavy atom. The number of ether oxygens (including phenoxy) is 1. The van der Waals surface area contributed by atoms with Crippen LogP contribution in [0.1, 0.15) is 39.8 Å². The molecule has 112 valence electrons. The molecule has 0 aliphatic heterocycles. The number of nitrogens with one attached hydrogen (secondary N) is 1. The average molecular weight is 279 g/mol. The molecule has 3 N–H and O–H groups in total. The second kappa shape index (κ2) is 7.24. The lowest BCUT2D eigenvalue weighted by Gasteiger charge is -2.24. The maximum Gasteiger partial charge on any atom is 0.258 e. The van der Waals surface area contributed by atoms with Gasteiger partial charge in [-0.2, -0.15) is 0 Å². The van der Waals surface area contributed by atoms with E-state index in [1.165, 1.54) is 0 Å². The van der Waals surface area contributed by atoms with Gasteiger partial charge in [0.15, 0.2) is 6.61 Å². The van der Waals surface area contributed by atoms with Crippen LogP contribution in [-0.2, 0) is 11.2 Å². The van der Waals surface area contributed by atoms with Crippen molar-refractivity contribution in [2.75, 3.05) is 6.61 Å². The van der Waals surface area contributed by atoms with Gasteiger partial charge in [0.25, 0.3) is 5.91 Å². The summed E-state index contributed by atoms with van der Waals surface area (Å²) in [4.78, 5) is 16.0. The van der Waals surface area contributed by atoms with Gasteiger partial charge >= 0.3 is 0 Å². The highest BCUT2D eigenvalue weighted by Gasteiger charge is 2.17. The number of carbonyl (C=O) groups is 1. The molecule has 1 aromatic rings. The molecule has 0 saturated carbocycles. The molecule has 0 aromatic carbocycles. The van der Waals surface area contributed by atoms with Crippen molar-refractivity contribution < 1.29 is 9.53 Å². The fraction of sp³-hybridized carbons (Fsp3) is 0.600. The lowest BCUT2D eigenvalue weighted by molar-refractivity contribution is -0.124. The topological polar surface area (TPSA) is 77.2 Å². The molecule has 5 nitrogen and oxygen atoms in total. The third-order valence-electron chi connectivity index (χ3n) is 3.06. The van der Waals surface area contributed by atoms with Crippen LogP contribution < -0.4 is 15.8 Å². The van der Waals surface area contributed by atoms with Gasteiger partial charge in [-0.3, -0.25) is 9.78 Å². The molecule has 5 heteroatoms. The Hall–Kier alpha value is -1.62. The average Bonchev–Trinajstić information content (AvgIpc) is 2.37. The van der Waals surface area contributed by atoms with Crippen molar-refractivity contribution in [2.24, 2.45) is 5.73 Å². The molecule has 20 heavy (non-hydrogen) atoms. The molecule has 0 aliphatic rings. The number of carbonyl (C=O) groups excluding carboxylic acids is 1. The van der Waals surface area contributed by atoms with Gasteiger partial charge in [0, 0.05) is 23.7 Å². The van der Waals surface area contributed by atoms with Gasteiger partial charge in [0.2, 0.25) is 0 Å². The number of hydrogen-bond donors (Lipinski definition) is 2. The number of hydrogen-bond acceptors (Lipinski definition) is 4. The Kier molecular flexibility index (Phi) is 5.95. The number of nitrogens with two attached hydrogens (primary N) is 1. The smallest absolute Gasteiger partial charge is 0.258 e. The van der Waals surface area contributed by atoms with E-state index in [2.05, 4.69) is 10.3 Å². The minimum Gasteiger partial charge on any atom is -0.482 e. The van der Waals surface area contributed by atoms with Gasteiger partial charge in [0.05, 0.1) is 6.20 Å². The van der Waals surface area contributed by atoms with Crippen LogP contribution in [-0.4, -0.2) is 29.1 Å². The van der Waals surface area contributed by atoms with Crippen LogP contribution in [0.3, 0.4) is 0 Å². The van der Waals surface area contributed by atoms with E-state index < -0.39 is 0 Å². The van der Waals surface area contributed by atoms with Crippen molar-refractivity contribution in [2.45, 2.75) is 52.1 Å². The van der Waals surface area contributed by atoms with Crippen molar-refractivity contribution >= 4 is 5.91 Å². The van der Waals surface area contributed by atoms with E-state index in [0.29, 0.717) is 5.75 Å². The van der Waals surface area contributed by atoms with E-state index in [-0.39, 0.29) is 24.1 Å². The number of amides is 1. The zero-order chi connectivity index (χ0) is 15.2. The molecular formula is C15H25N3O2. The summed E-state index contributed by atoms with van der Waals surface area (Å²) in [5.41, 5.74) is 6.42. The summed E-state index contributed by atoms with van der Waals surface area (Å²) in [6.07, 6.45) is 3.22. The fourth-order valence-electron chi connectivity index (χ4n) is 1.60. The molecule has 1 amide bonds. The van der Waals surface area contributed by atoms with Gasteiger partial charge in [-0.15, -0.1) is 0 Å². The Labute approximate surface area is 120 Å². The van der Waals surface area contributed by atoms with E-state index in [0.717, 1.165) is 18.5 Å². The van der Waals surface area contributed by atoms with E-state index >= 15 is 0 Å². The third-order valence-corrected chi connectivity index (χ3v) is 3.06. The first-order chi connectivity index (χ1) is 9.32. The Bertz CT molecular complexity index is 427. The van der Waals surface area contributed by atoms with Gasteiger partial charge in [-0.05, 0) is 39.3 Å². The monoisotopic (exact) mass is 279 g/mol. The molecule has 1 aromatic heterocycles. The maximum absolute atomic E-state index is 11.7. The minimum atomic E-state index is -0.209. The highest BCUT2D eigenvalue weighted by Crippen LogP contribution is 2.11. The summed E-state index contributed by atoms with van der Waals surface area (Å²) in [5, 5.41) is 2.91. The molecule has 0 bridgehead atoms. The Morgan fingerprint density at radius 2 is 2.20 bits per heavy atom. The molecule has 0 fully saturated rings. The Balaban J connectivity index is 2.44. The van der Waals surface area contributed by atoms with Crippen molar-refractivity contribution in [3.8, 4) is 5.75 Å². The fourth-order valence-corrected chi connectivity index (χ4v) is 1.60. The molecule has 0 saturated heterocycles. The summed E-state index contributed by atoms with van der Waals surface area (Å²) in [6, 6.07) is 3.76. The molecule has 0 aliphatic carbocycles. The quantitative estimate of drug-likeness (QED) is 0.795. The van der Waals surface area contributed by atoms with Crippen molar-refractivity contribution in [3.63, 3.8) is 0 Å². The SMILES string of the molecule is CCC(C)(C)NC(=O)COc1ccc(CC(C)N)nc1. The van der Waals surface area contributed by atoms with Crippen LogP contribution >= 0.6 is 0 Å². The molecule has 0 spiro atoms. The van der Waals surface area contributed by atoms with Gasteiger partial charge in [-0.25, -0.2) is 0 Å². The van der Waals surface area contributed by atoms with E-state index in [1.807, 2.05) is 39.8 Å². The zero-order valence-electron chi connectivity index (χ0n) is 12.8. The summed E-state index contributed by atoms with van der Waals surface area (Å²) in [7, 11) is 0. The molecule has 0 radical (unpaired) electrons. The maximum atomic E-state index is 11.7. The van der Waals surface area contributed by atoms with Crippen molar-refractivity contribution in [3.05, 3.63) is 24.0 Å². The highest BCUT2D eigenvalue weighted by molar-refractivity contribution is 5.78. The van der Waals surface area contributed by atoms with Crippen LogP contribution in [0, 0.1) is 0 Å². The molecule has 1 heterocycles. The van der Waals surface area contributed by atoms with E-state index in [4.69, 9.17) is 10.5 Å². The lowest BCUT2D eigenvalue weighted by Crippen LogP contribution is -2.44. The van der Waals surface area contributed by atoms with Gasteiger partial charge in [-0.1, -0.05) is 6.92 Å². The summed E-state index contributed by atoms with van der Waals surface area (Å²) in [6.45, 7) is 7.93. The van der Waals surface area contributed by atoms with Crippen LogP contribution in [0.5, 0.6) is 5.75 Å². The summed E-state index contributed by atoms with van der Waals surface area (Å²) in [5.74, 6) is 0.458. The predicted octanol–water partition coefficient (Wildman–Crippen LogP) is 1.65. The zero-order valence-corrected chi connectivity index (χ0v) is 12.8. The second-order valence-electron chi connectivity index (χ2n) is 5.74. The third kappa shape index (κ3) is 6.02. The summed E-state index contributed by atoms with van der Waals surface area (Å²) >= 11 is 0. The standard InChI is InChI=1S/C15H25N3O2/c1-5-15(3,4)18-14(19)10-20-13-7-6-12(17-9-13)8-11(2)16/h6-7,9,11H,5,8,10,16H2,1-4H3,(H,18,19). The van der Waals surface area contributed by atoms with E-state index in [9.17, 15) is 4.79 Å². The Morgan fingerprint density at radius 1 is 1.50 bits per heavy atom. The number of rotatable bonds is 7. The van der Waals surface area contributed by atoms with Crippen LogP contribution in [0.25, 0.3) is 0 Å². The highest BCUT2D eigenvalue weighted by atomic mass is 16.5. The first-order valence-electron chi connectivity index (χ1n) is 6.96. The molecule has 1 rings (SSSR count). The molecule has 1 atom stereocenters. The largest absolute Gasteiger partial charge is 0.482 e. The van der Waals surface area contributed by atoms with Crippen LogP contribution in [0.4, 0.5) is 0 Å². The molecular weight excluding hydrogens is 254 g/mol.